The summed E-state index contributed by atoms with van der Waals surface area (Å²) in [6.07, 6.45) is 1.52. The number of nitrogens with two attached hydrogens (primary N) is 1. The molecule has 1 aromatic rings. The molecule has 1 aromatic carbocycles. The third-order valence-corrected chi connectivity index (χ3v) is 3.33. The Labute approximate surface area is 120 Å². The molecule has 112 valence electrons. The van der Waals surface area contributed by atoms with E-state index < -0.39 is 5.82 Å². The molecule has 1 unspecified atom stereocenters. The van der Waals surface area contributed by atoms with Crippen molar-refractivity contribution in [1.82, 2.24) is 4.90 Å². The first-order valence-corrected chi connectivity index (χ1v) is 6.95. The maximum Gasteiger partial charge on any atom is 0.225 e. The number of carbonyl (C=O) groups excluding carboxylic acids is 1. The van der Waals surface area contributed by atoms with Gasteiger partial charge in [-0.3, -0.25) is 4.79 Å². The van der Waals surface area contributed by atoms with Crippen LogP contribution in [0.3, 0.4) is 0 Å². The van der Waals surface area contributed by atoms with Gasteiger partial charge in [-0.15, -0.1) is 0 Å². The second-order valence-corrected chi connectivity index (χ2v) is 5.31. The van der Waals surface area contributed by atoms with Gasteiger partial charge in [-0.2, -0.15) is 0 Å². The number of carbonyl (C=O) groups is 1. The maximum atomic E-state index is 12.9. The number of amides is 1. The molecule has 1 atom stereocenters. The third kappa shape index (κ3) is 5.57. The largest absolute Gasteiger partial charge is 0.397 e. The molecule has 4 nitrogen and oxygen atoms in total. The minimum Gasteiger partial charge on any atom is -0.397 e. The molecule has 0 bridgehead atoms. The Hall–Kier alpha value is -1.62. The van der Waals surface area contributed by atoms with Gasteiger partial charge in [-0.05, 0) is 31.2 Å². The van der Waals surface area contributed by atoms with E-state index >= 15 is 0 Å². The van der Waals surface area contributed by atoms with E-state index in [1.165, 1.54) is 18.2 Å². The summed E-state index contributed by atoms with van der Waals surface area (Å²) in [7, 11) is 2.01. The van der Waals surface area contributed by atoms with Crippen LogP contribution in [0, 0.1) is 11.7 Å². The fraction of sp³-hybridized carbons (Fsp3) is 0.533. The number of nitrogens with zero attached hydrogens (tertiary/aromatic N) is 1. The molecule has 0 aliphatic heterocycles. The number of benzene rings is 1. The van der Waals surface area contributed by atoms with E-state index in [0.29, 0.717) is 24.6 Å². The van der Waals surface area contributed by atoms with Crippen LogP contribution in [0.25, 0.3) is 0 Å². The fourth-order valence-electron chi connectivity index (χ4n) is 1.90. The van der Waals surface area contributed by atoms with Gasteiger partial charge in [0.1, 0.15) is 5.82 Å². The lowest BCUT2D eigenvalue weighted by Gasteiger charge is -2.20. The minimum absolute atomic E-state index is 0.112. The van der Waals surface area contributed by atoms with Crippen LogP contribution in [0.4, 0.5) is 15.8 Å². The number of nitrogen functional groups attached to an aromatic ring is 1. The lowest BCUT2D eigenvalue weighted by molar-refractivity contribution is -0.116. The zero-order chi connectivity index (χ0) is 15.1. The summed E-state index contributed by atoms with van der Waals surface area (Å²) in [5.41, 5.74) is 6.35. The highest BCUT2D eigenvalue weighted by atomic mass is 19.1. The molecular formula is C15H24FN3O. The van der Waals surface area contributed by atoms with Crippen LogP contribution in [0.15, 0.2) is 18.2 Å². The molecule has 5 heteroatoms. The van der Waals surface area contributed by atoms with E-state index in [1.807, 2.05) is 7.05 Å². The van der Waals surface area contributed by atoms with Gasteiger partial charge in [-0.25, -0.2) is 4.39 Å². The predicted molar refractivity (Wildman–Crippen MR) is 81.0 cm³/mol. The van der Waals surface area contributed by atoms with E-state index in [9.17, 15) is 9.18 Å². The molecule has 3 N–H and O–H groups in total. The Morgan fingerprint density at radius 3 is 2.80 bits per heavy atom. The Balaban J connectivity index is 2.40. The van der Waals surface area contributed by atoms with Crippen molar-refractivity contribution in [3.63, 3.8) is 0 Å². The zero-order valence-corrected chi connectivity index (χ0v) is 12.4. The number of nitrogens with one attached hydrogen (secondary N) is 1. The maximum absolute atomic E-state index is 12.9. The molecule has 0 radical (unpaired) electrons. The van der Waals surface area contributed by atoms with Crippen molar-refractivity contribution in [2.75, 3.05) is 31.2 Å². The number of hydrogen-bond donors (Lipinski definition) is 2. The van der Waals surface area contributed by atoms with Crippen molar-refractivity contribution in [2.45, 2.75) is 26.7 Å². The van der Waals surface area contributed by atoms with Gasteiger partial charge in [0.25, 0.3) is 0 Å². The van der Waals surface area contributed by atoms with Crippen LogP contribution >= 0.6 is 0 Å². The van der Waals surface area contributed by atoms with Crippen LogP contribution in [0.2, 0.25) is 0 Å². The predicted octanol–water partition coefficient (Wildman–Crippen LogP) is 2.71. The van der Waals surface area contributed by atoms with Gasteiger partial charge in [0.2, 0.25) is 5.91 Å². The smallest absolute Gasteiger partial charge is 0.225 e. The van der Waals surface area contributed by atoms with E-state index in [4.69, 9.17) is 5.73 Å². The highest BCUT2D eigenvalue weighted by molar-refractivity contribution is 5.93. The Morgan fingerprint density at radius 1 is 1.50 bits per heavy atom. The van der Waals surface area contributed by atoms with E-state index in [0.717, 1.165) is 13.0 Å². The first kappa shape index (κ1) is 16.4. The molecule has 20 heavy (non-hydrogen) atoms. The van der Waals surface area contributed by atoms with Crippen molar-refractivity contribution >= 4 is 17.3 Å². The van der Waals surface area contributed by atoms with E-state index in [-0.39, 0.29) is 11.6 Å². The van der Waals surface area contributed by atoms with Gasteiger partial charge in [0.05, 0.1) is 11.4 Å². The lowest BCUT2D eigenvalue weighted by atomic mass is 10.1. The van der Waals surface area contributed by atoms with Crippen molar-refractivity contribution in [2.24, 2.45) is 5.92 Å². The van der Waals surface area contributed by atoms with Crippen LogP contribution in [0.1, 0.15) is 26.7 Å². The highest BCUT2D eigenvalue weighted by Crippen LogP contribution is 2.19. The third-order valence-electron chi connectivity index (χ3n) is 3.33. The van der Waals surface area contributed by atoms with Crippen LogP contribution in [0.5, 0.6) is 0 Å². The van der Waals surface area contributed by atoms with Gasteiger partial charge in [0, 0.05) is 19.5 Å². The standard InChI is InChI=1S/C15H24FN3O/c1-4-11(2)10-19(3)8-7-15(20)18-14-6-5-12(16)9-13(14)17/h5-6,9,11H,4,7-8,10,17H2,1-3H3,(H,18,20). The Bertz CT molecular complexity index is 451. The average molecular weight is 281 g/mol. The molecule has 0 spiro atoms. The molecule has 1 amide bonds. The van der Waals surface area contributed by atoms with Crippen molar-refractivity contribution in [3.8, 4) is 0 Å². The summed E-state index contributed by atoms with van der Waals surface area (Å²) in [6.45, 7) is 6.01. The molecule has 0 saturated carbocycles. The first-order valence-electron chi connectivity index (χ1n) is 6.95. The van der Waals surface area contributed by atoms with E-state index in [2.05, 4.69) is 24.1 Å². The molecule has 1 rings (SSSR count). The molecule has 0 fully saturated rings. The van der Waals surface area contributed by atoms with E-state index in [1.54, 1.807) is 0 Å². The zero-order valence-electron chi connectivity index (χ0n) is 12.4. The first-order chi connectivity index (χ1) is 9.42. The Morgan fingerprint density at radius 2 is 2.20 bits per heavy atom. The summed E-state index contributed by atoms with van der Waals surface area (Å²) in [6, 6.07) is 3.96. The van der Waals surface area contributed by atoms with Gasteiger partial charge in [0.15, 0.2) is 0 Å². The summed E-state index contributed by atoms with van der Waals surface area (Å²) < 4.78 is 12.9. The van der Waals surface area contributed by atoms with Crippen LogP contribution < -0.4 is 11.1 Å². The minimum atomic E-state index is -0.409. The highest BCUT2D eigenvalue weighted by Gasteiger charge is 2.09. The molecule has 0 heterocycles. The number of hydrogen-bond acceptors (Lipinski definition) is 3. The summed E-state index contributed by atoms with van der Waals surface area (Å²) in [5, 5.41) is 2.70. The average Bonchev–Trinajstić information content (AvgIpc) is 2.39. The molecule has 0 aromatic heterocycles. The topological polar surface area (TPSA) is 58.4 Å². The van der Waals surface area contributed by atoms with Gasteiger partial charge in [-0.1, -0.05) is 20.3 Å². The quantitative estimate of drug-likeness (QED) is 0.756. The summed E-state index contributed by atoms with van der Waals surface area (Å²) >= 11 is 0. The normalized spacial score (nSPS) is 12.4. The van der Waals surface area contributed by atoms with Crippen LogP contribution in [-0.4, -0.2) is 30.9 Å². The van der Waals surface area contributed by atoms with Crippen LogP contribution in [-0.2, 0) is 4.79 Å². The molecule has 0 aliphatic carbocycles. The number of anilines is 2. The number of halogens is 1. The van der Waals surface area contributed by atoms with Gasteiger partial charge >= 0.3 is 0 Å². The second-order valence-electron chi connectivity index (χ2n) is 5.31. The number of rotatable bonds is 7. The fourth-order valence-corrected chi connectivity index (χ4v) is 1.90. The monoisotopic (exact) mass is 281 g/mol. The molecule has 0 saturated heterocycles. The van der Waals surface area contributed by atoms with Crippen molar-refractivity contribution in [1.29, 1.82) is 0 Å². The summed E-state index contributed by atoms with van der Waals surface area (Å²) in [4.78, 5) is 14.0. The van der Waals surface area contributed by atoms with Crippen molar-refractivity contribution < 1.29 is 9.18 Å². The van der Waals surface area contributed by atoms with Crippen molar-refractivity contribution in [3.05, 3.63) is 24.0 Å². The summed E-state index contributed by atoms with van der Waals surface area (Å²) in [5.74, 6) is 0.101. The molecular weight excluding hydrogens is 257 g/mol. The second kappa shape index (κ2) is 7.85. The SMILES string of the molecule is CCC(C)CN(C)CCC(=O)Nc1ccc(F)cc1N. The van der Waals surface area contributed by atoms with Gasteiger partial charge < -0.3 is 16.0 Å². The molecule has 0 aliphatic rings. The Kier molecular flexibility index (Phi) is 6.45. The lowest BCUT2D eigenvalue weighted by Crippen LogP contribution is -2.28.